The maximum absolute atomic E-state index is 15.1. The van der Waals surface area contributed by atoms with Gasteiger partial charge in [-0.1, -0.05) is 54.6 Å². The molecule has 2 aromatic carbocycles. The standard InChI is InChI=1S/C40H50N4O8/c1-4-42(5-2)28-17-19-29(20-18-28)43-23-11-7-10-16-32(46)41-30(26-50-3)35(27-14-8-6-9-15-27)51-39(49)33-31-21-22-40(52-31)34(33)37(47)44(24-12-13-25-45)36(40)38(43)48/h6-9,11,14-15,17-22,30-31,33-36,45H,4-5,10,12-13,16,23-26H2,1-3H3,(H,41,46)/b11-7-/t30-,31+,33-,34-,35-,36+,40-/m1/s1. The van der Waals surface area contributed by atoms with Crippen molar-refractivity contribution in [3.63, 3.8) is 0 Å². The minimum atomic E-state index is -1.40. The number of carbonyl (C=O) groups is 4. The predicted molar refractivity (Wildman–Crippen MR) is 195 cm³/mol. The Kier molecular flexibility index (Phi) is 11.8. The molecule has 0 radical (unpaired) electrons. The van der Waals surface area contributed by atoms with Crippen LogP contribution in [0.15, 0.2) is 78.9 Å². The van der Waals surface area contributed by atoms with E-state index < -0.39 is 47.7 Å². The van der Waals surface area contributed by atoms with Crippen molar-refractivity contribution in [1.82, 2.24) is 10.2 Å². The molecule has 4 aliphatic rings. The third-order valence-corrected chi connectivity index (χ3v) is 10.7. The number of hydrogen-bond donors (Lipinski definition) is 2. The summed E-state index contributed by atoms with van der Waals surface area (Å²) in [5.41, 5.74) is 0.923. The van der Waals surface area contributed by atoms with Crippen molar-refractivity contribution in [2.24, 2.45) is 11.8 Å². The number of esters is 1. The third kappa shape index (κ3) is 7.11. The fourth-order valence-electron chi connectivity index (χ4n) is 8.16. The molecule has 4 aliphatic heterocycles. The Hall–Kier alpha value is -4.52. The Morgan fingerprint density at radius 3 is 2.42 bits per heavy atom. The number of anilines is 2. The number of allylic oxidation sites excluding steroid dienone is 1. The largest absolute Gasteiger partial charge is 0.455 e. The van der Waals surface area contributed by atoms with E-state index in [0.717, 1.165) is 18.8 Å². The average molecular weight is 715 g/mol. The van der Waals surface area contributed by atoms with Gasteiger partial charge in [-0.3, -0.25) is 19.2 Å². The van der Waals surface area contributed by atoms with Crippen molar-refractivity contribution in [3.05, 3.63) is 84.5 Å². The lowest BCUT2D eigenvalue weighted by molar-refractivity contribution is -0.162. The molecule has 0 saturated carbocycles. The van der Waals surface area contributed by atoms with Crippen LogP contribution in [0.5, 0.6) is 0 Å². The Labute approximate surface area is 305 Å². The number of fused-ring (bicyclic) bond motifs is 2. The lowest BCUT2D eigenvalue weighted by Gasteiger charge is -2.36. The molecule has 6 rings (SSSR count). The van der Waals surface area contributed by atoms with Gasteiger partial charge in [0.1, 0.15) is 23.7 Å². The summed E-state index contributed by atoms with van der Waals surface area (Å²) in [4.78, 5) is 62.7. The molecule has 0 unspecified atom stereocenters. The number of ether oxygens (including phenoxy) is 3. The lowest BCUT2D eigenvalue weighted by atomic mass is 9.74. The number of carbonyl (C=O) groups excluding carboxylic acids is 4. The first-order valence-electron chi connectivity index (χ1n) is 18.4. The molecule has 278 valence electrons. The van der Waals surface area contributed by atoms with Crippen LogP contribution in [0.25, 0.3) is 0 Å². The second-order valence-electron chi connectivity index (χ2n) is 13.7. The monoisotopic (exact) mass is 714 g/mol. The minimum absolute atomic E-state index is 0.0570. The molecule has 2 aromatic rings. The van der Waals surface area contributed by atoms with Gasteiger partial charge in [0.2, 0.25) is 11.8 Å². The van der Waals surface area contributed by atoms with Crippen molar-refractivity contribution in [2.75, 3.05) is 56.3 Å². The molecule has 7 atom stereocenters. The number of unbranched alkanes of at least 4 members (excludes halogenated alkanes) is 1. The van der Waals surface area contributed by atoms with Gasteiger partial charge < -0.3 is 39.3 Å². The highest BCUT2D eigenvalue weighted by Gasteiger charge is 2.73. The van der Waals surface area contributed by atoms with Gasteiger partial charge in [-0.15, -0.1) is 0 Å². The topological polar surface area (TPSA) is 138 Å². The summed E-state index contributed by atoms with van der Waals surface area (Å²) >= 11 is 0. The Morgan fingerprint density at radius 2 is 1.73 bits per heavy atom. The molecular formula is C40H50N4O8. The van der Waals surface area contributed by atoms with E-state index in [9.17, 15) is 19.5 Å². The number of likely N-dealkylation sites (tertiary alicyclic amines) is 1. The Balaban J connectivity index is 1.43. The first-order chi connectivity index (χ1) is 25.3. The molecule has 1 spiro atoms. The summed E-state index contributed by atoms with van der Waals surface area (Å²) in [7, 11) is 1.52. The van der Waals surface area contributed by atoms with Crippen LogP contribution in [0.4, 0.5) is 11.4 Å². The molecular weight excluding hydrogens is 664 g/mol. The summed E-state index contributed by atoms with van der Waals surface area (Å²) in [6, 6.07) is 15.1. The number of rotatable bonds is 11. The number of cyclic esters (lactones) is 1. The van der Waals surface area contributed by atoms with Crippen LogP contribution in [-0.2, 0) is 33.4 Å². The number of benzene rings is 2. The second kappa shape index (κ2) is 16.4. The zero-order valence-electron chi connectivity index (χ0n) is 30.2. The fourth-order valence-corrected chi connectivity index (χ4v) is 8.16. The number of aliphatic hydroxyl groups is 1. The average Bonchev–Trinajstić information content (AvgIpc) is 3.80. The third-order valence-electron chi connectivity index (χ3n) is 10.7. The van der Waals surface area contributed by atoms with Gasteiger partial charge in [-0.2, -0.15) is 0 Å². The van der Waals surface area contributed by atoms with E-state index in [4.69, 9.17) is 14.2 Å². The fraction of sp³-hybridized carbons (Fsp3) is 0.500. The van der Waals surface area contributed by atoms with Crippen LogP contribution < -0.4 is 15.1 Å². The van der Waals surface area contributed by atoms with Crippen molar-refractivity contribution >= 4 is 35.1 Å². The molecule has 2 fully saturated rings. The summed E-state index contributed by atoms with van der Waals surface area (Å²) in [5.74, 6) is -3.65. The van der Waals surface area contributed by atoms with Crippen LogP contribution in [0.1, 0.15) is 51.2 Å². The van der Waals surface area contributed by atoms with E-state index in [1.54, 1.807) is 22.0 Å². The molecule has 0 aliphatic carbocycles. The summed E-state index contributed by atoms with van der Waals surface area (Å²) < 4.78 is 18.4. The van der Waals surface area contributed by atoms with E-state index in [-0.39, 0.29) is 50.4 Å². The molecule has 2 saturated heterocycles. The first-order valence-corrected chi connectivity index (χ1v) is 18.4. The van der Waals surface area contributed by atoms with E-state index in [1.165, 1.54) is 7.11 Å². The summed E-state index contributed by atoms with van der Waals surface area (Å²) in [6.45, 7) is 6.24. The maximum atomic E-state index is 15.1. The van der Waals surface area contributed by atoms with Crippen molar-refractivity contribution < 1.29 is 38.5 Å². The number of nitrogens with one attached hydrogen (secondary N) is 1. The van der Waals surface area contributed by atoms with Gasteiger partial charge in [-0.25, -0.2) is 0 Å². The highest BCUT2D eigenvalue weighted by atomic mass is 16.6. The molecule has 52 heavy (non-hydrogen) atoms. The molecule has 2 N–H and O–H groups in total. The molecule has 5 bridgehead atoms. The van der Waals surface area contributed by atoms with E-state index in [2.05, 4.69) is 24.1 Å². The Bertz CT molecular complexity index is 1640. The normalized spacial score (nSPS) is 29.6. The van der Waals surface area contributed by atoms with Crippen LogP contribution in [0, 0.1) is 11.8 Å². The van der Waals surface area contributed by atoms with Crippen LogP contribution in [0.3, 0.4) is 0 Å². The highest BCUT2D eigenvalue weighted by Crippen LogP contribution is 2.56. The van der Waals surface area contributed by atoms with Crippen LogP contribution in [0.2, 0.25) is 0 Å². The van der Waals surface area contributed by atoms with E-state index in [0.29, 0.717) is 30.5 Å². The van der Waals surface area contributed by atoms with Crippen molar-refractivity contribution in [1.29, 1.82) is 0 Å². The quantitative estimate of drug-likeness (QED) is 0.203. The number of hydrogen-bond acceptors (Lipinski definition) is 9. The number of nitrogens with zero attached hydrogens (tertiary/aromatic N) is 3. The van der Waals surface area contributed by atoms with E-state index in [1.807, 2.05) is 66.7 Å². The van der Waals surface area contributed by atoms with E-state index >= 15 is 4.79 Å². The number of amides is 3. The van der Waals surface area contributed by atoms with Crippen molar-refractivity contribution in [2.45, 2.75) is 69.4 Å². The van der Waals surface area contributed by atoms with Gasteiger partial charge in [0, 0.05) is 57.7 Å². The second-order valence-corrected chi connectivity index (χ2v) is 13.7. The lowest BCUT2D eigenvalue weighted by Crippen LogP contribution is -2.56. The molecule has 4 heterocycles. The SMILES string of the molecule is CCN(CC)c1ccc(N2C/C=C\CCC(=O)N[C@H](COC)[C@@H](c3ccccc3)OC(=O)[C@@H]3[C@@H]4C=C[C@]5(O4)[C@H](C2=O)N(CCCCO)C(=O)[C@@H]35)cc1. The van der Waals surface area contributed by atoms with Crippen LogP contribution >= 0.6 is 0 Å². The maximum Gasteiger partial charge on any atom is 0.313 e. The molecule has 3 amide bonds. The molecule has 0 aromatic heterocycles. The van der Waals surface area contributed by atoms with Gasteiger partial charge in [0.25, 0.3) is 5.91 Å². The molecule has 12 heteroatoms. The van der Waals surface area contributed by atoms with Crippen LogP contribution in [-0.4, -0.2) is 104 Å². The smallest absolute Gasteiger partial charge is 0.313 e. The van der Waals surface area contributed by atoms with Gasteiger partial charge in [0.15, 0.2) is 0 Å². The first kappa shape index (κ1) is 37.2. The van der Waals surface area contributed by atoms with Gasteiger partial charge in [-0.05, 0) is 62.9 Å². The zero-order valence-corrected chi connectivity index (χ0v) is 30.2. The number of methoxy groups -OCH3 is 1. The molecule has 12 nitrogen and oxygen atoms in total. The number of aliphatic hydroxyl groups excluding tert-OH is 1. The predicted octanol–water partition coefficient (Wildman–Crippen LogP) is 3.55. The summed E-state index contributed by atoms with van der Waals surface area (Å²) in [6.07, 6.45) is 7.04. The minimum Gasteiger partial charge on any atom is -0.455 e. The zero-order chi connectivity index (χ0) is 36.8. The van der Waals surface area contributed by atoms with Crippen molar-refractivity contribution in [3.8, 4) is 0 Å². The highest BCUT2D eigenvalue weighted by molar-refractivity contribution is 6.05. The Morgan fingerprint density at radius 1 is 0.981 bits per heavy atom. The van der Waals surface area contributed by atoms with Gasteiger partial charge >= 0.3 is 5.97 Å². The summed E-state index contributed by atoms with van der Waals surface area (Å²) in [5, 5.41) is 12.6. The van der Waals surface area contributed by atoms with Gasteiger partial charge in [0.05, 0.1) is 24.7 Å².